The number of nitrogens with one attached hydrogen (secondary N) is 1. The standard InChI is InChI=1S/C9H9ClN2O2/c1-6-2-7(10)9(12-5-14)3-8(6)11-4-13/h2-3,12,14H,5H2,1H3. The number of rotatable bonds is 3. The molecule has 1 rings (SSSR count). The zero-order chi connectivity index (χ0) is 10.6. The van der Waals surface area contributed by atoms with Gasteiger partial charge in [-0.25, -0.2) is 4.79 Å². The summed E-state index contributed by atoms with van der Waals surface area (Å²) in [6.07, 6.45) is 1.46. The molecule has 14 heavy (non-hydrogen) atoms. The number of aliphatic imine (C=N–C) groups is 1. The molecular formula is C9H9ClN2O2. The lowest BCUT2D eigenvalue weighted by molar-refractivity contribution is 0.325. The minimum Gasteiger partial charge on any atom is -0.377 e. The Kier molecular flexibility index (Phi) is 3.65. The summed E-state index contributed by atoms with van der Waals surface area (Å²) in [4.78, 5) is 13.6. The van der Waals surface area contributed by atoms with Crippen molar-refractivity contribution in [3.8, 4) is 0 Å². The number of halogens is 1. The van der Waals surface area contributed by atoms with E-state index >= 15 is 0 Å². The number of aryl methyl sites for hydroxylation is 1. The third-order valence-corrected chi connectivity index (χ3v) is 2.03. The smallest absolute Gasteiger partial charge is 0.240 e. The van der Waals surface area contributed by atoms with Crippen LogP contribution in [0.2, 0.25) is 5.02 Å². The fourth-order valence-corrected chi connectivity index (χ4v) is 1.34. The van der Waals surface area contributed by atoms with Crippen LogP contribution in [0.3, 0.4) is 0 Å². The molecule has 0 saturated carbocycles. The second-order valence-electron chi connectivity index (χ2n) is 2.66. The van der Waals surface area contributed by atoms with Gasteiger partial charge in [0.15, 0.2) is 0 Å². The van der Waals surface area contributed by atoms with Gasteiger partial charge in [-0.05, 0) is 24.6 Å². The second-order valence-corrected chi connectivity index (χ2v) is 3.06. The van der Waals surface area contributed by atoms with Crippen LogP contribution in [-0.2, 0) is 4.79 Å². The summed E-state index contributed by atoms with van der Waals surface area (Å²) < 4.78 is 0. The average molecular weight is 213 g/mol. The summed E-state index contributed by atoms with van der Waals surface area (Å²) in [5, 5.41) is 11.8. The molecule has 0 fully saturated rings. The number of isocyanates is 1. The Hall–Kier alpha value is -1.35. The summed E-state index contributed by atoms with van der Waals surface area (Å²) in [6, 6.07) is 3.24. The first-order valence-electron chi connectivity index (χ1n) is 3.91. The van der Waals surface area contributed by atoms with Crippen molar-refractivity contribution in [2.75, 3.05) is 12.0 Å². The molecular weight excluding hydrogens is 204 g/mol. The van der Waals surface area contributed by atoms with E-state index in [1.165, 1.54) is 6.08 Å². The molecule has 0 atom stereocenters. The predicted molar refractivity (Wildman–Crippen MR) is 54.7 cm³/mol. The summed E-state index contributed by atoms with van der Waals surface area (Å²) >= 11 is 5.87. The molecule has 0 aromatic heterocycles. The molecule has 4 nitrogen and oxygen atoms in total. The first-order chi connectivity index (χ1) is 6.69. The molecule has 2 N–H and O–H groups in total. The van der Waals surface area contributed by atoms with Crippen molar-refractivity contribution in [3.05, 3.63) is 22.7 Å². The average Bonchev–Trinajstić information content (AvgIpc) is 2.14. The van der Waals surface area contributed by atoms with E-state index in [1.807, 2.05) is 0 Å². The Morgan fingerprint density at radius 3 is 2.93 bits per heavy atom. The predicted octanol–water partition coefficient (Wildman–Crippen LogP) is 1.98. The van der Waals surface area contributed by atoms with Crippen molar-refractivity contribution >= 4 is 29.1 Å². The lowest BCUT2D eigenvalue weighted by atomic mass is 10.2. The first-order valence-corrected chi connectivity index (χ1v) is 4.29. The molecule has 0 heterocycles. The Balaban J connectivity index is 3.19. The quantitative estimate of drug-likeness (QED) is 0.458. The van der Waals surface area contributed by atoms with Crippen molar-refractivity contribution in [3.63, 3.8) is 0 Å². The van der Waals surface area contributed by atoms with Gasteiger partial charge in [-0.2, -0.15) is 4.99 Å². The van der Waals surface area contributed by atoms with E-state index in [-0.39, 0.29) is 6.73 Å². The van der Waals surface area contributed by atoms with Gasteiger partial charge in [0.2, 0.25) is 6.08 Å². The molecule has 0 aliphatic carbocycles. The molecule has 1 aromatic carbocycles. The van der Waals surface area contributed by atoms with Gasteiger partial charge in [0.1, 0.15) is 6.73 Å². The highest BCUT2D eigenvalue weighted by Gasteiger charge is 2.04. The maximum Gasteiger partial charge on any atom is 0.240 e. The molecule has 0 bridgehead atoms. The highest BCUT2D eigenvalue weighted by Crippen LogP contribution is 2.30. The lowest BCUT2D eigenvalue weighted by Crippen LogP contribution is -1.99. The Morgan fingerprint density at radius 1 is 1.64 bits per heavy atom. The van der Waals surface area contributed by atoms with E-state index in [9.17, 15) is 4.79 Å². The van der Waals surface area contributed by atoms with E-state index in [0.717, 1.165) is 5.56 Å². The Labute approximate surface area is 86.2 Å². The van der Waals surface area contributed by atoms with Crippen LogP contribution < -0.4 is 5.32 Å². The number of nitrogens with zero attached hydrogens (tertiary/aromatic N) is 1. The minimum absolute atomic E-state index is 0.229. The van der Waals surface area contributed by atoms with Crippen LogP contribution >= 0.6 is 11.6 Å². The van der Waals surface area contributed by atoms with Crippen molar-refractivity contribution < 1.29 is 9.90 Å². The first kappa shape index (κ1) is 10.7. The molecule has 0 unspecified atom stereocenters. The summed E-state index contributed by atoms with van der Waals surface area (Å²) in [6.45, 7) is 1.55. The number of benzene rings is 1. The van der Waals surface area contributed by atoms with Gasteiger partial charge in [0.05, 0.1) is 16.4 Å². The molecule has 0 radical (unpaired) electrons. The molecule has 5 heteroatoms. The van der Waals surface area contributed by atoms with Crippen molar-refractivity contribution in [1.29, 1.82) is 0 Å². The number of hydrogen-bond donors (Lipinski definition) is 2. The minimum atomic E-state index is -0.229. The van der Waals surface area contributed by atoms with Crippen LogP contribution in [0.5, 0.6) is 0 Å². The fraction of sp³-hybridized carbons (Fsp3) is 0.222. The fourth-order valence-electron chi connectivity index (χ4n) is 1.05. The number of aliphatic hydroxyl groups is 1. The maximum atomic E-state index is 10.1. The Bertz CT molecular complexity index is 387. The van der Waals surface area contributed by atoms with Crippen LogP contribution in [0, 0.1) is 6.92 Å². The van der Waals surface area contributed by atoms with E-state index in [1.54, 1.807) is 19.1 Å². The third kappa shape index (κ3) is 2.33. The number of anilines is 1. The number of carbonyl (C=O) groups excluding carboxylic acids is 1. The second kappa shape index (κ2) is 4.77. The summed E-state index contributed by atoms with van der Waals surface area (Å²) in [5.74, 6) is 0. The van der Waals surface area contributed by atoms with E-state index in [0.29, 0.717) is 16.4 Å². The van der Waals surface area contributed by atoms with Gasteiger partial charge in [0, 0.05) is 0 Å². The SMILES string of the molecule is Cc1cc(Cl)c(NCO)cc1N=C=O. The topological polar surface area (TPSA) is 61.7 Å². The third-order valence-electron chi connectivity index (χ3n) is 1.72. The number of hydrogen-bond acceptors (Lipinski definition) is 4. The van der Waals surface area contributed by atoms with Gasteiger partial charge in [-0.3, -0.25) is 0 Å². The summed E-state index contributed by atoms with van der Waals surface area (Å²) in [5.41, 5.74) is 1.80. The molecule has 0 spiro atoms. The largest absolute Gasteiger partial charge is 0.377 e. The van der Waals surface area contributed by atoms with Gasteiger partial charge in [0.25, 0.3) is 0 Å². The van der Waals surface area contributed by atoms with Crippen LogP contribution in [0.15, 0.2) is 17.1 Å². The molecule has 1 aromatic rings. The van der Waals surface area contributed by atoms with E-state index in [2.05, 4.69) is 10.3 Å². The molecule has 0 amide bonds. The van der Waals surface area contributed by atoms with Gasteiger partial charge >= 0.3 is 0 Å². The molecule has 0 aliphatic heterocycles. The van der Waals surface area contributed by atoms with Crippen LogP contribution in [0.1, 0.15) is 5.56 Å². The molecule has 0 aliphatic rings. The van der Waals surface area contributed by atoms with Crippen LogP contribution in [0.4, 0.5) is 11.4 Å². The highest BCUT2D eigenvalue weighted by atomic mass is 35.5. The zero-order valence-electron chi connectivity index (χ0n) is 7.54. The van der Waals surface area contributed by atoms with Crippen molar-refractivity contribution in [2.45, 2.75) is 6.92 Å². The zero-order valence-corrected chi connectivity index (χ0v) is 8.30. The van der Waals surface area contributed by atoms with Crippen LogP contribution in [-0.4, -0.2) is 17.9 Å². The van der Waals surface area contributed by atoms with Gasteiger partial charge in [-0.15, -0.1) is 0 Å². The maximum absolute atomic E-state index is 10.1. The Morgan fingerprint density at radius 2 is 2.36 bits per heavy atom. The summed E-state index contributed by atoms with van der Waals surface area (Å²) in [7, 11) is 0. The van der Waals surface area contributed by atoms with Crippen molar-refractivity contribution in [2.24, 2.45) is 4.99 Å². The molecule has 74 valence electrons. The van der Waals surface area contributed by atoms with Gasteiger partial charge in [-0.1, -0.05) is 11.6 Å². The highest BCUT2D eigenvalue weighted by molar-refractivity contribution is 6.33. The molecule has 0 saturated heterocycles. The van der Waals surface area contributed by atoms with Crippen LogP contribution in [0.25, 0.3) is 0 Å². The number of aliphatic hydroxyl groups excluding tert-OH is 1. The normalized spacial score (nSPS) is 9.36. The van der Waals surface area contributed by atoms with E-state index in [4.69, 9.17) is 16.7 Å². The monoisotopic (exact) mass is 212 g/mol. The lowest BCUT2D eigenvalue weighted by Gasteiger charge is -2.07. The van der Waals surface area contributed by atoms with Gasteiger partial charge < -0.3 is 10.4 Å². The van der Waals surface area contributed by atoms with E-state index < -0.39 is 0 Å². The van der Waals surface area contributed by atoms with Crippen molar-refractivity contribution in [1.82, 2.24) is 0 Å².